The average molecular weight is 529 g/mol. The molecule has 4 N–H and O–H groups in total. The fourth-order valence-corrected chi connectivity index (χ4v) is 4.77. The molecule has 0 amide bonds. The maximum atomic E-state index is 8.61. The summed E-state index contributed by atoms with van der Waals surface area (Å²) in [5, 5.41) is 23.6. The standard InChI is InChI=1S/C17H37NO.C16H35NO/c1-2-3-4-5-6-7-8-9-10-11-12-13-14-15-18-16-17-19;1-2-3-4-5-6-7-8-9-10-11-12-13-14-17-15-16-18/h18-19H,2-17H2,1H3;17-18H,2-16H2,1H3. The summed E-state index contributed by atoms with van der Waals surface area (Å²) in [7, 11) is 0. The number of aliphatic hydroxyl groups is 2. The van der Waals surface area contributed by atoms with Crippen molar-refractivity contribution in [1.82, 2.24) is 10.6 Å². The lowest BCUT2D eigenvalue weighted by Crippen LogP contribution is -2.19. The molecule has 0 unspecified atom stereocenters. The second kappa shape index (κ2) is 40.3. The van der Waals surface area contributed by atoms with Crippen LogP contribution in [0.1, 0.15) is 174 Å². The number of unbranched alkanes of at least 4 members (excludes halogenated alkanes) is 23. The third-order valence-electron chi connectivity index (χ3n) is 7.24. The van der Waals surface area contributed by atoms with Crippen LogP contribution in [0.5, 0.6) is 0 Å². The van der Waals surface area contributed by atoms with Crippen molar-refractivity contribution >= 4 is 0 Å². The van der Waals surface area contributed by atoms with Crippen LogP contribution in [-0.4, -0.2) is 49.6 Å². The minimum Gasteiger partial charge on any atom is -0.395 e. The van der Waals surface area contributed by atoms with Crippen LogP contribution in [0.25, 0.3) is 0 Å². The minimum absolute atomic E-state index is 0.262. The zero-order valence-electron chi connectivity index (χ0n) is 25.8. The van der Waals surface area contributed by atoms with Crippen LogP contribution in [0.2, 0.25) is 0 Å². The second-order valence-electron chi connectivity index (χ2n) is 11.1. The van der Waals surface area contributed by atoms with Gasteiger partial charge in [-0.05, 0) is 25.9 Å². The molecule has 0 aromatic heterocycles. The van der Waals surface area contributed by atoms with Gasteiger partial charge in [0.05, 0.1) is 13.2 Å². The van der Waals surface area contributed by atoms with Crippen molar-refractivity contribution < 1.29 is 10.2 Å². The molecule has 37 heavy (non-hydrogen) atoms. The van der Waals surface area contributed by atoms with Gasteiger partial charge in [0.25, 0.3) is 0 Å². The average Bonchev–Trinajstić information content (AvgIpc) is 2.91. The number of hydrogen-bond donors (Lipinski definition) is 4. The Morgan fingerprint density at radius 3 is 0.730 bits per heavy atom. The summed E-state index contributed by atoms with van der Waals surface area (Å²) < 4.78 is 0. The molecule has 0 bridgehead atoms. The highest BCUT2D eigenvalue weighted by Crippen LogP contribution is 2.13. The summed E-state index contributed by atoms with van der Waals surface area (Å²) in [6.07, 6.45) is 35.1. The zero-order chi connectivity index (χ0) is 27.3. The van der Waals surface area contributed by atoms with Crippen LogP contribution in [0.3, 0.4) is 0 Å². The van der Waals surface area contributed by atoms with Crippen molar-refractivity contribution in [3.8, 4) is 0 Å². The predicted octanol–water partition coefficient (Wildman–Crippen LogP) is 8.93. The summed E-state index contributed by atoms with van der Waals surface area (Å²) in [5.74, 6) is 0. The van der Waals surface area contributed by atoms with E-state index in [0.717, 1.165) is 26.2 Å². The molecular weight excluding hydrogens is 456 g/mol. The molecule has 4 nitrogen and oxygen atoms in total. The maximum absolute atomic E-state index is 8.61. The Morgan fingerprint density at radius 1 is 0.297 bits per heavy atom. The lowest BCUT2D eigenvalue weighted by Gasteiger charge is -2.04. The van der Waals surface area contributed by atoms with Gasteiger partial charge >= 0.3 is 0 Å². The lowest BCUT2D eigenvalue weighted by atomic mass is 10.0. The molecule has 0 rings (SSSR count). The van der Waals surface area contributed by atoms with Gasteiger partial charge < -0.3 is 20.8 Å². The Hall–Kier alpha value is -0.160. The van der Waals surface area contributed by atoms with Gasteiger partial charge in [-0.1, -0.05) is 162 Å². The van der Waals surface area contributed by atoms with E-state index >= 15 is 0 Å². The first kappa shape index (κ1) is 39.0. The number of aliphatic hydroxyl groups excluding tert-OH is 2. The van der Waals surface area contributed by atoms with Crippen LogP contribution in [-0.2, 0) is 0 Å². The van der Waals surface area contributed by atoms with E-state index in [2.05, 4.69) is 24.5 Å². The summed E-state index contributed by atoms with van der Waals surface area (Å²) >= 11 is 0. The van der Waals surface area contributed by atoms with E-state index in [9.17, 15) is 0 Å². The molecule has 0 heterocycles. The molecule has 0 radical (unpaired) electrons. The molecule has 0 spiro atoms. The molecule has 0 fully saturated rings. The van der Waals surface area contributed by atoms with E-state index in [4.69, 9.17) is 10.2 Å². The molecule has 4 heteroatoms. The van der Waals surface area contributed by atoms with Crippen LogP contribution in [0, 0.1) is 0 Å². The van der Waals surface area contributed by atoms with Gasteiger partial charge in [-0.3, -0.25) is 0 Å². The number of hydrogen-bond acceptors (Lipinski definition) is 4. The van der Waals surface area contributed by atoms with E-state index in [0.29, 0.717) is 0 Å². The molecule has 0 aliphatic heterocycles. The van der Waals surface area contributed by atoms with E-state index in [1.54, 1.807) is 0 Å². The van der Waals surface area contributed by atoms with Crippen molar-refractivity contribution in [1.29, 1.82) is 0 Å². The molecule has 226 valence electrons. The molecule has 0 aromatic rings. The van der Waals surface area contributed by atoms with Crippen molar-refractivity contribution in [3.63, 3.8) is 0 Å². The van der Waals surface area contributed by atoms with Gasteiger partial charge in [0.15, 0.2) is 0 Å². The van der Waals surface area contributed by atoms with Crippen LogP contribution in [0.15, 0.2) is 0 Å². The predicted molar refractivity (Wildman–Crippen MR) is 167 cm³/mol. The van der Waals surface area contributed by atoms with E-state index in [1.165, 1.54) is 161 Å². The molecule has 0 atom stereocenters. The Balaban J connectivity index is 0. The van der Waals surface area contributed by atoms with Crippen molar-refractivity contribution in [3.05, 3.63) is 0 Å². The SMILES string of the molecule is CCCCCCCCCCCCCCCNCCO.CCCCCCCCCCCCCCNCCO. The fourth-order valence-electron chi connectivity index (χ4n) is 4.77. The van der Waals surface area contributed by atoms with E-state index < -0.39 is 0 Å². The molecule has 0 aromatic carbocycles. The number of rotatable bonds is 31. The van der Waals surface area contributed by atoms with Crippen molar-refractivity contribution in [2.75, 3.05) is 39.4 Å². The van der Waals surface area contributed by atoms with Gasteiger partial charge in [0, 0.05) is 13.1 Å². The summed E-state index contributed by atoms with van der Waals surface area (Å²) in [6, 6.07) is 0. The summed E-state index contributed by atoms with van der Waals surface area (Å²) in [4.78, 5) is 0. The van der Waals surface area contributed by atoms with Crippen LogP contribution < -0.4 is 10.6 Å². The third kappa shape index (κ3) is 43.2. The summed E-state index contributed by atoms with van der Waals surface area (Å²) in [6.45, 7) is 8.71. The Morgan fingerprint density at radius 2 is 0.514 bits per heavy atom. The van der Waals surface area contributed by atoms with Crippen LogP contribution >= 0.6 is 0 Å². The van der Waals surface area contributed by atoms with Crippen molar-refractivity contribution in [2.45, 2.75) is 174 Å². The van der Waals surface area contributed by atoms with Gasteiger partial charge in [-0.25, -0.2) is 0 Å². The first-order chi connectivity index (χ1) is 18.3. The topological polar surface area (TPSA) is 64.5 Å². The highest BCUT2D eigenvalue weighted by atomic mass is 16.3. The lowest BCUT2D eigenvalue weighted by molar-refractivity contribution is 0.291. The van der Waals surface area contributed by atoms with E-state index in [1.807, 2.05) is 0 Å². The van der Waals surface area contributed by atoms with Crippen molar-refractivity contribution in [2.24, 2.45) is 0 Å². The normalized spacial score (nSPS) is 11.0. The van der Waals surface area contributed by atoms with E-state index in [-0.39, 0.29) is 13.2 Å². The third-order valence-corrected chi connectivity index (χ3v) is 7.24. The monoisotopic (exact) mass is 529 g/mol. The Kier molecular flexibility index (Phi) is 42.5. The van der Waals surface area contributed by atoms with Gasteiger partial charge in [0.1, 0.15) is 0 Å². The highest BCUT2D eigenvalue weighted by Gasteiger charge is 1.95. The molecule has 0 aliphatic rings. The summed E-state index contributed by atoms with van der Waals surface area (Å²) in [5.41, 5.74) is 0. The van der Waals surface area contributed by atoms with Gasteiger partial charge in [0.2, 0.25) is 0 Å². The maximum Gasteiger partial charge on any atom is 0.0555 e. The molecular formula is C33H72N2O2. The molecule has 0 aliphatic carbocycles. The first-order valence-electron chi connectivity index (χ1n) is 17.0. The minimum atomic E-state index is 0.262. The fraction of sp³-hybridized carbons (Fsp3) is 1.00. The molecule has 0 saturated heterocycles. The first-order valence-corrected chi connectivity index (χ1v) is 17.0. The number of nitrogens with one attached hydrogen (secondary N) is 2. The highest BCUT2D eigenvalue weighted by molar-refractivity contribution is 4.52. The second-order valence-corrected chi connectivity index (χ2v) is 11.1. The largest absolute Gasteiger partial charge is 0.395 e. The van der Waals surface area contributed by atoms with Crippen LogP contribution in [0.4, 0.5) is 0 Å². The Bertz CT molecular complexity index is 323. The van der Waals surface area contributed by atoms with Gasteiger partial charge in [-0.2, -0.15) is 0 Å². The quantitative estimate of drug-likeness (QED) is 0.0678. The molecule has 0 saturated carbocycles. The Labute approximate surface area is 234 Å². The smallest absolute Gasteiger partial charge is 0.0555 e. The van der Waals surface area contributed by atoms with Gasteiger partial charge in [-0.15, -0.1) is 0 Å². The zero-order valence-corrected chi connectivity index (χ0v) is 25.8.